The highest BCUT2D eigenvalue weighted by Crippen LogP contribution is 2.39. The summed E-state index contributed by atoms with van der Waals surface area (Å²) in [6.45, 7) is 0. The standard InChI is InChI=1S/C51H34N2O/c1-3-11-41(12-4-1)51-52-48-33-28-40-14-9-17-47(49(40)50(48)54-51)39-21-18-36(19-22-39)37-24-29-45(30-25-37)53(44-15-5-2-6-16-44)46-31-26-38(27-32-46)43-23-20-35-10-7-8-13-42(35)34-43/h1-34H. The van der Waals surface area contributed by atoms with E-state index in [4.69, 9.17) is 9.40 Å². The lowest BCUT2D eigenvalue weighted by molar-refractivity contribution is 0.623. The second-order valence-electron chi connectivity index (χ2n) is 13.6. The van der Waals surface area contributed by atoms with E-state index >= 15 is 0 Å². The van der Waals surface area contributed by atoms with Crippen LogP contribution in [0.4, 0.5) is 17.1 Å². The summed E-state index contributed by atoms with van der Waals surface area (Å²) in [5, 5.41) is 4.71. The van der Waals surface area contributed by atoms with Crippen LogP contribution in [0, 0.1) is 0 Å². The second-order valence-corrected chi connectivity index (χ2v) is 13.6. The fraction of sp³-hybridized carbons (Fsp3) is 0. The maximum atomic E-state index is 6.44. The predicted molar refractivity (Wildman–Crippen MR) is 225 cm³/mol. The normalized spacial score (nSPS) is 11.3. The Morgan fingerprint density at radius 2 is 0.870 bits per heavy atom. The van der Waals surface area contributed by atoms with Gasteiger partial charge in [-0.15, -0.1) is 0 Å². The van der Waals surface area contributed by atoms with E-state index in [1.54, 1.807) is 0 Å². The van der Waals surface area contributed by atoms with Crippen LogP contribution in [-0.4, -0.2) is 4.98 Å². The Labute approximate surface area is 314 Å². The van der Waals surface area contributed by atoms with Gasteiger partial charge in [-0.2, -0.15) is 0 Å². The van der Waals surface area contributed by atoms with Gasteiger partial charge in [0.25, 0.3) is 0 Å². The zero-order valence-electron chi connectivity index (χ0n) is 29.4. The van der Waals surface area contributed by atoms with Crippen LogP contribution in [0.3, 0.4) is 0 Å². The zero-order chi connectivity index (χ0) is 35.8. The molecule has 0 aliphatic heterocycles. The van der Waals surface area contributed by atoms with Gasteiger partial charge in [0.1, 0.15) is 5.52 Å². The number of hydrogen-bond donors (Lipinski definition) is 0. The molecule has 0 atom stereocenters. The molecule has 1 aromatic heterocycles. The fourth-order valence-corrected chi connectivity index (χ4v) is 7.54. The number of aromatic nitrogens is 1. The van der Waals surface area contributed by atoms with Crippen LogP contribution in [0.2, 0.25) is 0 Å². The maximum Gasteiger partial charge on any atom is 0.227 e. The third kappa shape index (κ3) is 5.78. The summed E-state index contributed by atoms with van der Waals surface area (Å²) < 4.78 is 6.44. The first-order chi connectivity index (χ1) is 26.7. The van der Waals surface area contributed by atoms with Gasteiger partial charge in [0.15, 0.2) is 5.58 Å². The first-order valence-electron chi connectivity index (χ1n) is 18.3. The first-order valence-corrected chi connectivity index (χ1v) is 18.3. The largest absolute Gasteiger partial charge is 0.435 e. The molecule has 54 heavy (non-hydrogen) atoms. The monoisotopic (exact) mass is 690 g/mol. The fourth-order valence-electron chi connectivity index (χ4n) is 7.54. The van der Waals surface area contributed by atoms with Crippen LogP contribution >= 0.6 is 0 Å². The lowest BCUT2D eigenvalue weighted by Gasteiger charge is -2.26. The van der Waals surface area contributed by atoms with Crippen molar-refractivity contribution < 1.29 is 4.42 Å². The number of hydrogen-bond acceptors (Lipinski definition) is 3. The highest BCUT2D eigenvalue weighted by molar-refractivity contribution is 6.11. The highest BCUT2D eigenvalue weighted by Gasteiger charge is 2.16. The molecule has 3 heteroatoms. The summed E-state index contributed by atoms with van der Waals surface area (Å²) in [6, 6.07) is 73.0. The third-order valence-corrected chi connectivity index (χ3v) is 10.3. The summed E-state index contributed by atoms with van der Waals surface area (Å²) in [4.78, 5) is 7.15. The number of nitrogens with zero attached hydrogens (tertiary/aromatic N) is 2. The van der Waals surface area contributed by atoms with E-state index < -0.39 is 0 Å². The molecule has 0 aliphatic rings. The van der Waals surface area contributed by atoms with Crippen LogP contribution in [0.5, 0.6) is 0 Å². The molecule has 0 spiro atoms. The Balaban J connectivity index is 0.954. The van der Waals surface area contributed by atoms with Gasteiger partial charge in [0, 0.05) is 28.0 Å². The SMILES string of the molecule is c1ccc(-c2nc3ccc4cccc(-c5ccc(-c6ccc(N(c7ccccc7)c7ccc(-c8ccc9ccccc9c8)cc7)cc6)cc5)c4c3o2)cc1. The number of para-hydroxylation sites is 1. The Morgan fingerprint density at radius 1 is 0.352 bits per heavy atom. The van der Waals surface area contributed by atoms with Gasteiger partial charge in [0.2, 0.25) is 5.89 Å². The van der Waals surface area contributed by atoms with Crippen LogP contribution in [0.15, 0.2) is 211 Å². The highest BCUT2D eigenvalue weighted by atomic mass is 16.3. The summed E-state index contributed by atoms with van der Waals surface area (Å²) in [6.07, 6.45) is 0. The van der Waals surface area contributed by atoms with Crippen molar-refractivity contribution in [2.24, 2.45) is 0 Å². The molecule has 254 valence electrons. The van der Waals surface area contributed by atoms with E-state index in [2.05, 4.69) is 175 Å². The summed E-state index contributed by atoms with van der Waals surface area (Å²) >= 11 is 0. The second kappa shape index (κ2) is 13.4. The van der Waals surface area contributed by atoms with Crippen molar-refractivity contribution in [3.8, 4) is 44.8 Å². The molecule has 3 nitrogen and oxygen atoms in total. The van der Waals surface area contributed by atoms with Gasteiger partial charge in [-0.3, -0.25) is 0 Å². The number of fused-ring (bicyclic) bond motifs is 4. The molecule has 1 heterocycles. The Bertz CT molecular complexity index is 2900. The van der Waals surface area contributed by atoms with Crippen molar-refractivity contribution >= 4 is 49.7 Å². The van der Waals surface area contributed by atoms with Gasteiger partial charge < -0.3 is 9.32 Å². The topological polar surface area (TPSA) is 29.3 Å². The average Bonchev–Trinajstić information content (AvgIpc) is 3.70. The smallest absolute Gasteiger partial charge is 0.227 e. The number of benzene rings is 9. The van der Waals surface area contributed by atoms with Crippen molar-refractivity contribution in [1.29, 1.82) is 0 Å². The molecule has 9 aromatic carbocycles. The molecule has 0 radical (unpaired) electrons. The van der Waals surface area contributed by atoms with Crippen LogP contribution in [0.25, 0.3) is 77.5 Å². The predicted octanol–water partition coefficient (Wildman–Crippen LogP) is 14.3. The molecule has 0 fully saturated rings. The minimum Gasteiger partial charge on any atom is -0.435 e. The molecule has 0 bridgehead atoms. The first kappa shape index (κ1) is 31.5. The molecular weight excluding hydrogens is 657 g/mol. The molecule has 10 aromatic rings. The molecular formula is C51H34N2O. The summed E-state index contributed by atoms with van der Waals surface area (Å²) in [5.41, 5.74) is 12.9. The third-order valence-electron chi connectivity index (χ3n) is 10.3. The molecule has 0 N–H and O–H groups in total. The molecule has 0 saturated carbocycles. The summed E-state index contributed by atoms with van der Waals surface area (Å²) in [7, 11) is 0. The minimum atomic E-state index is 0.635. The van der Waals surface area contributed by atoms with E-state index in [0.717, 1.165) is 66.8 Å². The molecule has 0 unspecified atom stereocenters. The van der Waals surface area contributed by atoms with Crippen molar-refractivity contribution in [3.05, 3.63) is 206 Å². The molecule has 0 aliphatic carbocycles. The lowest BCUT2D eigenvalue weighted by Crippen LogP contribution is -2.09. The maximum absolute atomic E-state index is 6.44. The summed E-state index contributed by atoms with van der Waals surface area (Å²) in [5.74, 6) is 0.635. The van der Waals surface area contributed by atoms with Gasteiger partial charge in [-0.1, -0.05) is 146 Å². The Hall–Kier alpha value is -7.23. The van der Waals surface area contributed by atoms with Gasteiger partial charge in [0.05, 0.1) is 0 Å². The van der Waals surface area contributed by atoms with Gasteiger partial charge in [-0.25, -0.2) is 4.98 Å². The van der Waals surface area contributed by atoms with E-state index in [-0.39, 0.29) is 0 Å². The average molecular weight is 691 g/mol. The van der Waals surface area contributed by atoms with Crippen molar-refractivity contribution in [1.82, 2.24) is 4.98 Å². The molecule has 0 saturated heterocycles. The minimum absolute atomic E-state index is 0.635. The number of anilines is 3. The van der Waals surface area contributed by atoms with E-state index in [1.807, 2.05) is 36.4 Å². The van der Waals surface area contributed by atoms with Gasteiger partial charge in [-0.05, 0) is 110 Å². The van der Waals surface area contributed by atoms with Crippen molar-refractivity contribution in [3.63, 3.8) is 0 Å². The molecule has 10 rings (SSSR count). The molecule has 0 amide bonds. The van der Waals surface area contributed by atoms with E-state index in [9.17, 15) is 0 Å². The van der Waals surface area contributed by atoms with Crippen LogP contribution in [0.1, 0.15) is 0 Å². The number of oxazole rings is 1. The zero-order valence-corrected chi connectivity index (χ0v) is 29.4. The van der Waals surface area contributed by atoms with Crippen molar-refractivity contribution in [2.75, 3.05) is 4.90 Å². The van der Waals surface area contributed by atoms with Gasteiger partial charge >= 0.3 is 0 Å². The van der Waals surface area contributed by atoms with E-state index in [0.29, 0.717) is 5.89 Å². The quantitative estimate of drug-likeness (QED) is 0.167. The lowest BCUT2D eigenvalue weighted by atomic mass is 9.95. The number of rotatable bonds is 7. The van der Waals surface area contributed by atoms with Crippen molar-refractivity contribution in [2.45, 2.75) is 0 Å². The van der Waals surface area contributed by atoms with Crippen LogP contribution in [-0.2, 0) is 0 Å². The van der Waals surface area contributed by atoms with E-state index in [1.165, 1.54) is 21.9 Å². The Morgan fingerprint density at radius 3 is 1.57 bits per heavy atom. The Kier molecular flexibility index (Phi) is 7.81. The van der Waals surface area contributed by atoms with Crippen LogP contribution < -0.4 is 4.90 Å².